The van der Waals surface area contributed by atoms with Gasteiger partial charge in [0.15, 0.2) is 0 Å². The molecule has 30 heavy (non-hydrogen) atoms. The smallest absolute Gasteiger partial charge is 0.00103 e. The van der Waals surface area contributed by atoms with Crippen molar-refractivity contribution in [3.8, 4) is 0 Å². The maximum atomic E-state index is 3.51. The predicted molar refractivity (Wildman–Crippen MR) is 140 cm³/mol. The Kier molecular flexibility index (Phi) is 27.0. The van der Waals surface area contributed by atoms with Gasteiger partial charge in [0, 0.05) is 6.04 Å². The molecule has 0 atom stereocenters. The molecule has 0 aromatic carbocycles. The van der Waals surface area contributed by atoms with Gasteiger partial charge < -0.3 is 5.32 Å². The van der Waals surface area contributed by atoms with Crippen molar-refractivity contribution in [3.63, 3.8) is 0 Å². The quantitative estimate of drug-likeness (QED) is 0.136. The predicted octanol–water partition coefficient (Wildman–Crippen LogP) is 10.4. The van der Waals surface area contributed by atoms with Crippen LogP contribution >= 0.6 is 0 Å². The highest BCUT2D eigenvalue weighted by Gasteiger charge is 1.96. The molecular weight excluding hydrogens is 362 g/mol. The minimum absolute atomic E-state index is 0.648. The monoisotopic (exact) mass is 423 g/mol. The number of unbranched alkanes of at least 4 members (excludes halogenated alkanes) is 23. The summed E-state index contributed by atoms with van der Waals surface area (Å²) in [5.74, 6) is 0. The fourth-order valence-electron chi connectivity index (χ4n) is 4.48. The van der Waals surface area contributed by atoms with E-state index in [-0.39, 0.29) is 0 Å². The summed E-state index contributed by atoms with van der Waals surface area (Å²) in [5.41, 5.74) is 0. The van der Waals surface area contributed by atoms with E-state index < -0.39 is 0 Å². The van der Waals surface area contributed by atoms with Gasteiger partial charge in [-0.15, -0.1) is 0 Å². The van der Waals surface area contributed by atoms with Crippen LogP contribution in [0.2, 0.25) is 0 Å². The zero-order valence-electron chi connectivity index (χ0n) is 21.8. The molecule has 1 heteroatoms. The van der Waals surface area contributed by atoms with Gasteiger partial charge in [-0.05, 0) is 13.0 Å². The van der Waals surface area contributed by atoms with Gasteiger partial charge in [0.1, 0.15) is 0 Å². The van der Waals surface area contributed by atoms with E-state index in [2.05, 4.69) is 26.1 Å². The zero-order valence-corrected chi connectivity index (χ0v) is 21.8. The molecule has 0 spiro atoms. The summed E-state index contributed by atoms with van der Waals surface area (Å²) < 4.78 is 0. The van der Waals surface area contributed by atoms with E-state index in [9.17, 15) is 0 Å². The van der Waals surface area contributed by atoms with Gasteiger partial charge in [0.25, 0.3) is 0 Å². The molecule has 0 amide bonds. The molecule has 0 aliphatic heterocycles. The minimum Gasteiger partial charge on any atom is -0.315 e. The minimum atomic E-state index is 0.648. The molecule has 0 aliphatic carbocycles. The van der Waals surface area contributed by atoms with Crippen LogP contribution in [0.15, 0.2) is 0 Å². The van der Waals surface area contributed by atoms with Crippen molar-refractivity contribution in [2.45, 2.75) is 181 Å². The fourth-order valence-corrected chi connectivity index (χ4v) is 4.48. The van der Waals surface area contributed by atoms with Gasteiger partial charge in [-0.2, -0.15) is 0 Å². The summed E-state index contributed by atoms with van der Waals surface area (Å²) in [6.45, 7) is 7.98. The van der Waals surface area contributed by atoms with Crippen molar-refractivity contribution in [1.29, 1.82) is 0 Å². The Morgan fingerprint density at radius 3 is 0.833 bits per heavy atom. The molecule has 0 heterocycles. The molecule has 0 rings (SSSR count). The lowest BCUT2D eigenvalue weighted by atomic mass is 10.0. The number of nitrogens with one attached hydrogen (secondary N) is 1. The van der Waals surface area contributed by atoms with Crippen LogP contribution in [0.3, 0.4) is 0 Å². The molecule has 0 unspecified atom stereocenters. The van der Waals surface area contributed by atoms with Crippen molar-refractivity contribution >= 4 is 0 Å². The second kappa shape index (κ2) is 27.0. The van der Waals surface area contributed by atoms with Crippen LogP contribution in [0, 0.1) is 0 Å². The Bertz CT molecular complexity index is 286. The molecule has 0 saturated heterocycles. The van der Waals surface area contributed by atoms with E-state index in [0.717, 1.165) is 0 Å². The molecular formula is C29H61N. The zero-order chi connectivity index (χ0) is 22.0. The highest BCUT2D eigenvalue weighted by Crippen LogP contribution is 2.15. The first-order chi connectivity index (χ1) is 14.8. The van der Waals surface area contributed by atoms with E-state index >= 15 is 0 Å². The lowest BCUT2D eigenvalue weighted by molar-refractivity contribution is 0.511. The molecule has 182 valence electrons. The number of hydrogen-bond donors (Lipinski definition) is 1. The van der Waals surface area contributed by atoms with E-state index in [4.69, 9.17) is 0 Å². The fraction of sp³-hybridized carbons (Fsp3) is 1.00. The molecule has 0 aromatic heterocycles. The highest BCUT2D eigenvalue weighted by atomic mass is 14.9. The van der Waals surface area contributed by atoms with Crippen molar-refractivity contribution < 1.29 is 0 Å². The first-order valence-electron chi connectivity index (χ1n) is 14.5. The molecule has 1 nitrogen and oxygen atoms in total. The Hall–Kier alpha value is -0.0400. The molecule has 0 radical (unpaired) electrons. The average molecular weight is 424 g/mol. The van der Waals surface area contributed by atoms with Crippen molar-refractivity contribution in [1.82, 2.24) is 5.32 Å². The number of rotatable bonds is 26. The summed E-state index contributed by atoms with van der Waals surface area (Å²) in [5, 5.41) is 3.51. The van der Waals surface area contributed by atoms with Gasteiger partial charge in [0.2, 0.25) is 0 Å². The number of hydrogen-bond acceptors (Lipinski definition) is 1. The van der Waals surface area contributed by atoms with Gasteiger partial charge >= 0.3 is 0 Å². The first-order valence-corrected chi connectivity index (χ1v) is 14.5. The van der Waals surface area contributed by atoms with Gasteiger partial charge in [-0.1, -0.05) is 168 Å². The summed E-state index contributed by atoms with van der Waals surface area (Å²) in [6, 6.07) is 0.648. The molecule has 0 fully saturated rings. The third-order valence-corrected chi connectivity index (χ3v) is 6.58. The molecule has 0 aromatic rings. The Balaban J connectivity index is 2.99. The summed E-state index contributed by atoms with van der Waals surface area (Å²) in [6.07, 6.45) is 35.2. The standard InChI is InChI=1S/C29H61N/c1-4-5-6-7-8-9-10-11-12-13-14-15-16-17-18-19-20-21-22-23-24-25-26-27-28-30-29(2)3/h29-30H,4-28H2,1-3H3. The normalized spacial score (nSPS) is 11.6. The van der Waals surface area contributed by atoms with Crippen LogP contribution in [0.25, 0.3) is 0 Å². The molecule has 0 aliphatic rings. The Labute approximate surface area is 193 Å². The largest absolute Gasteiger partial charge is 0.315 e. The van der Waals surface area contributed by atoms with E-state index in [1.165, 1.54) is 161 Å². The van der Waals surface area contributed by atoms with Gasteiger partial charge in [-0.3, -0.25) is 0 Å². The van der Waals surface area contributed by atoms with Crippen LogP contribution in [0.5, 0.6) is 0 Å². The maximum absolute atomic E-state index is 3.51. The van der Waals surface area contributed by atoms with Crippen LogP contribution in [0.4, 0.5) is 0 Å². The van der Waals surface area contributed by atoms with Crippen LogP contribution in [0.1, 0.15) is 175 Å². The van der Waals surface area contributed by atoms with Gasteiger partial charge in [-0.25, -0.2) is 0 Å². The lowest BCUT2D eigenvalue weighted by Crippen LogP contribution is -2.23. The topological polar surface area (TPSA) is 12.0 Å². The molecule has 0 saturated carbocycles. The van der Waals surface area contributed by atoms with Crippen molar-refractivity contribution in [2.24, 2.45) is 0 Å². The summed E-state index contributed by atoms with van der Waals surface area (Å²) in [7, 11) is 0. The third-order valence-electron chi connectivity index (χ3n) is 6.58. The second-order valence-corrected chi connectivity index (χ2v) is 10.2. The Morgan fingerprint density at radius 1 is 0.367 bits per heavy atom. The van der Waals surface area contributed by atoms with Crippen molar-refractivity contribution in [3.05, 3.63) is 0 Å². The maximum Gasteiger partial charge on any atom is 0.00103 e. The van der Waals surface area contributed by atoms with Crippen molar-refractivity contribution in [2.75, 3.05) is 6.54 Å². The first kappa shape index (κ1) is 30.0. The van der Waals surface area contributed by atoms with Crippen LogP contribution in [-0.2, 0) is 0 Å². The highest BCUT2D eigenvalue weighted by molar-refractivity contribution is 4.54. The van der Waals surface area contributed by atoms with E-state index in [0.29, 0.717) is 6.04 Å². The van der Waals surface area contributed by atoms with Crippen LogP contribution in [-0.4, -0.2) is 12.6 Å². The lowest BCUT2D eigenvalue weighted by Gasteiger charge is -2.07. The average Bonchev–Trinajstić information content (AvgIpc) is 2.73. The summed E-state index contributed by atoms with van der Waals surface area (Å²) in [4.78, 5) is 0. The van der Waals surface area contributed by atoms with E-state index in [1.807, 2.05) is 0 Å². The second-order valence-electron chi connectivity index (χ2n) is 10.2. The van der Waals surface area contributed by atoms with Gasteiger partial charge in [0.05, 0.1) is 0 Å². The Morgan fingerprint density at radius 2 is 0.600 bits per heavy atom. The molecule has 1 N–H and O–H groups in total. The third kappa shape index (κ3) is 28.0. The summed E-state index contributed by atoms with van der Waals surface area (Å²) >= 11 is 0. The van der Waals surface area contributed by atoms with E-state index in [1.54, 1.807) is 0 Å². The van der Waals surface area contributed by atoms with Crippen LogP contribution < -0.4 is 5.32 Å². The SMILES string of the molecule is CCCCCCCCCCCCCCCCCCCCCCCCCCNC(C)C. The molecule has 0 bridgehead atoms.